The Hall–Kier alpha value is -0.600. The summed E-state index contributed by atoms with van der Waals surface area (Å²) in [7, 11) is 0. The fourth-order valence-electron chi connectivity index (χ4n) is 3.63. The number of allylic oxidation sites excluding steroid dienone is 2. The van der Waals surface area contributed by atoms with E-state index in [1.54, 1.807) is 6.92 Å². The van der Waals surface area contributed by atoms with Crippen molar-refractivity contribution in [1.82, 2.24) is 0 Å². The lowest BCUT2D eigenvalue weighted by Gasteiger charge is -2.26. The molecule has 0 radical (unpaired) electrons. The number of aliphatic hydroxyl groups is 2. The maximum absolute atomic E-state index is 9.92. The average Bonchev–Trinajstić information content (AvgIpc) is 2.75. The van der Waals surface area contributed by atoms with Gasteiger partial charge in [0.2, 0.25) is 0 Å². The van der Waals surface area contributed by atoms with E-state index in [9.17, 15) is 10.2 Å². The summed E-state index contributed by atoms with van der Waals surface area (Å²) in [6.45, 7) is 1.80. The molecule has 0 aromatic rings. The molecule has 2 nitrogen and oxygen atoms in total. The number of hydrogen-bond donors (Lipinski definition) is 2. The second-order valence-corrected chi connectivity index (χ2v) is 4.88. The fraction of sp³-hybridized carbons (Fsp3) is 0.667. The van der Waals surface area contributed by atoms with Crippen LogP contribution in [0.15, 0.2) is 23.8 Å². The molecule has 2 heteroatoms. The van der Waals surface area contributed by atoms with Crippen molar-refractivity contribution in [2.75, 3.05) is 0 Å². The van der Waals surface area contributed by atoms with Gasteiger partial charge in [0.25, 0.3) is 0 Å². The van der Waals surface area contributed by atoms with E-state index in [4.69, 9.17) is 0 Å². The summed E-state index contributed by atoms with van der Waals surface area (Å²) in [5, 5.41) is 19.6. The van der Waals surface area contributed by atoms with Gasteiger partial charge in [-0.1, -0.05) is 18.2 Å². The minimum absolute atomic E-state index is 0.329. The molecular weight excluding hydrogens is 176 g/mol. The molecule has 1 saturated carbocycles. The van der Waals surface area contributed by atoms with Gasteiger partial charge in [-0.3, -0.25) is 0 Å². The highest BCUT2D eigenvalue weighted by Gasteiger charge is 2.52. The summed E-state index contributed by atoms with van der Waals surface area (Å²) in [4.78, 5) is 0. The summed E-state index contributed by atoms with van der Waals surface area (Å²) in [6.07, 6.45) is 6.84. The zero-order valence-corrected chi connectivity index (χ0v) is 8.30. The van der Waals surface area contributed by atoms with E-state index < -0.39 is 6.10 Å². The number of aliphatic hydroxyl groups excluding tert-OH is 2. The smallest absolute Gasteiger partial charge is 0.0764 e. The number of hydrogen-bond acceptors (Lipinski definition) is 2. The van der Waals surface area contributed by atoms with Crippen LogP contribution >= 0.6 is 0 Å². The first-order valence-electron chi connectivity index (χ1n) is 5.44. The highest BCUT2D eigenvalue weighted by atomic mass is 16.3. The molecule has 2 bridgehead atoms. The first-order chi connectivity index (χ1) is 6.68. The molecule has 2 N–H and O–H groups in total. The Bertz CT molecular complexity index is 316. The lowest BCUT2D eigenvalue weighted by molar-refractivity contribution is 0.126. The molecule has 6 atom stereocenters. The van der Waals surface area contributed by atoms with Gasteiger partial charge < -0.3 is 10.2 Å². The van der Waals surface area contributed by atoms with E-state index in [0.717, 1.165) is 5.57 Å². The quantitative estimate of drug-likeness (QED) is 0.611. The van der Waals surface area contributed by atoms with Crippen LogP contribution < -0.4 is 0 Å². The van der Waals surface area contributed by atoms with Crippen LogP contribution in [0.3, 0.4) is 0 Å². The van der Waals surface area contributed by atoms with Crippen LogP contribution in [0.2, 0.25) is 0 Å². The summed E-state index contributed by atoms with van der Waals surface area (Å²) in [5.74, 6) is 1.89. The van der Waals surface area contributed by atoms with Crippen molar-refractivity contribution >= 4 is 0 Å². The molecular formula is C12H16O2. The molecule has 0 aromatic heterocycles. The summed E-state index contributed by atoms with van der Waals surface area (Å²) in [6, 6.07) is 0. The van der Waals surface area contributed by atoms with Gasteiger partial charge in [0.1, 0.15) is 0 Å². The molecule has 14 heavy (non-hydrogen) atoms. The Kier molecular flexibility index (Phi) is 1.68. The lowest BCUT2D eigenvalue weighted by Crippen LogP contribution is -2.26. The van der Waals surface area contributed by atoms with E-state index in [1.807, 2.05) is 6.08 Å². The summed E-state index contributed by atoms with van der Waals surface area (Å²) < 4.78 is 0. The molecule has 0 amide bonds. The predicted octanol–water partition coefficient (Wildman–Crippen LogP) is 1.11. The van der Waals surface area contributed by atoms with Crippen molar-refractivity contribution in [1.29, 1.82) is 0 Å². The van der Waals surface area contributed by atoms with Gasteiger partial charge in [-0.25, -0.2) is 0 Å². The van der Waals surface area contributed by atoms with E-state index >= 15 is 0 Å². The average molecular weight is 192 g/mol. The second-order valence-electron chi connectivity index (χ2n) is 4.88. The molecule has 0 aliphatic heterocycles. The highest BCUT2D eigenvalue weighted by Crippen LogP contribution is 2.56. The Balaban J connectivity index is 1.98. The third-order valence-corrected chi connectivity index (χ3v) is 4.15. The largest absolute Gasteiger partial charge is 0.389 e. The second kappa shape index (κ2) is 2.71. The van der Waals surface area contributed by atoms with Crippen molar-refractivity contribution in [2.45, 2.75) is 25.6 Å². The number of fused-ring (bicyclic) bond motifs is 5. The van der Waals surface area contributed by atoms with Crippen molar-refractivity contribution in [3.05, 3.63) is 23.8 Å². The maximum Gasteiger partial charge on any atom is 0.0764 e. The molecule has 1 fully saturated rings. The predicted molar refractivity (Wildman–Crippen MR) is 53.5 cm³/mol. The van der Waals surface area contributed by atoms with Crippen molar-refractivity contribution < 1.29 is 10.2 Å². The van der Waals surface area contributed by atoms with E-state index in [2.05, 4.69) is 12.2 Å². The maximum atomic E-state index is 9.92. The molecule has 0 saturated heterocycles. The normalized spacial score (nSPS) is 50.8. The molecule has 0 heterocycles. The molecule has 3 rings (SSSR count). The Morgan fingerprint density at radius 1 is 1.36 bits per heavy atom. The zero-order chi connectivity index (χ0) is 9.87. The van der Waals surface area contributed by atoms with Crippen molar-refractivity contribution in [3.63, 3.8) is 0 Å². The Morgan fingerprint density at radius 2 is 2.07 bits per heavy atom. The molecule has 3 aliphatic carbocycles. The molecule has 76 valence electrons. The van der Waals surface area contributed by atoms with Crippen LogP contribution in [-0.2, 0) is 0 Å². The third kappa shape index (κ3) is 0.931. The van der Waals surface area contributed by atoms with E-state index in [0.29, 0.717) is 23.7 Å². The summed E-state index contributed by atoms with van der Waals surface area (Å²) >= 11 is 0. The van der Waals surface area contributed by atoms with Gasteiger partial charge in [-0.05, 0) is 36.7 Å². The SMILES string of the molecule is CC(O)C1=C[C@@H](O)[C@@H]2[C@H]1[C@@H]1C=C[C@H]2C1. The summed E-state index contributed by atoms with van der Waals surface area (Å²) in [5.41, 5.74) is 1.07. The monoisotopic (exact) mass is 192 g/mol. The van der Waals surface area contributed by atoms with Gasteiger partial charge >= 0.3 is 0 Å². The fourth-order valence-corrected chi connectivity index (χ4v) is 3.63. The minimum Gasteiger partial charge on any atom is -0.389 e. The van der Waals surface area contributed by atoms with E-state index in [1.165, 1.54) is 6.42 Å². The van der Waals surface area contributed by atoms with Crippen LogP contribution in [0.25, 0.3) is 0 Å². The Labute approximate surface area is 83.9 Å². The first kappa shape index (κ1) is 8.69. The minimum atomic E-state index is -0.396. The van der Waals surface area contributed by atoms with Crippen molar-refractivity contribution in [2.24, 2.45) is 23.7 Å². The van der Waals surface area contributed by atoms with Gasteiger partial charge in [-0.15, -0.1) is 0 Å². The molecule has 3 aliphatic rings. The van der Waals surface area contributed by atoms with Gasteiger partial charge in [0.05, 0.1) is 12.2 Å². The van der Waals surface area contributed by atoms with Crippen LogP contribution in [-0.4, -0.2) is 22.4 Å². The highest BCUT2D eigenvalue weighted by molar-refractivity contribution is 5.32. The standard InChI is InChI=1S/C12H16O2/c1-6(13)9-5-10(14)12-8-3-2-7(4-8)11(9)12/h2-3,5-8,10-14H,4H2,1H3/t6?,7-,8+,10-,11+,12-/m1/s1. The topological polar surface area (TPSA) is 40.5 Å². The van der Waals surface area contributed by atoms with Crippen LogP contribution in [0.4, 0.5) is 0 Å². The molecule has 1 unspecified atom stereocenters. The van der Waals surface area contributed by atoms with Crippen LogP contribution in [0.1, 0.15) is 13.3 Å². The van der Waals surface area contributed by atoms with Crippen molar-refractivity contribution in [3.8, 4) is 0 Å². The van der Waals surface area contributed by atoms with Gasteiger partial charge in [0, 0.05) is 5.92 Å². The van der Waals surface area contributed by atoms with Gasteiger partial charge in [-0.2, -0.15) is 0 Å². The van der Waals surface area contributed by atoms with Crippen LogP contribution in [0, 0.1) is 23.7 Å². The lowest BCUT2D eigenvalue weighted by atomic mass is 9.80. The first-order valence-corrected chi connectivity index (χ1v) is 5.44. The van der Waals surface area contributed by atoms with E-state index in [-0.39, 0.29) is 6.10 Å². The van der Waals surface area contributed by atoms with Gasteiger partial charge in [0.15, 0.2) is 0 Å². The van der Waals surface area contributed by atoms with Crippen LogP contribution in [0.5, 0.6) is 0 Å². The molecule has 0 spiro atoms. The number of rotatable bonds is 1. The zero-order valence-electron chi connectivity index (χ0n) is 8.30. The molecule has 0 aromatic carbocycles. The third-order valence-electron chi connectivity index (χ3n) is 4.15. The Morgan fingerprint density at radius 3 is 2.79 bits per heavy atom.